The first-order valence-electron chi connectivity index (χ1n) is 5.48. The van der Waals surface area contributed by atoms with Gasteiger partial charge in [0.25, 0.3) is 0 Å². The van der Waals surface area contributed by atoms with E-state index >= 15 is 0 Å². The highest BCUT2D eigenvalue weighted by Crippen LogP contribution is 2.13. The van der Waals surface area contributed by atoms with Crippen molar-refractivity contribution in [2.75, 3.05) is 27.2 Å². The Morgan fingerprint density at radius 1 is 1.47 bits per heavy atom. The molecule has 1 saturated heterocycles. The van der Waals surface area contributed by atoms with Gasteiger partial charge >= 0.3 is 6.03 Å². The third kappa shape index (κ3) is 3.55. The maximum atomic E-state index is 11.6. The molecule has 1 heterocycles. The van der Waals surface area contributed by atoms with Crippen LogP contribution in [0.4, 0.5) is 4.79 Å². The Labute approximate surface area is 91.9 Å². The van der Waals surface area contributed by atoms with E-state index in [9.17, 15) is 4.79 Å². The van der Waals surface area contributed by atoms with Crippen LogP contribution in [0.5, 0.6) is 0 Å². The third-order valence-corrected chi connectivity index (χ3v) is 2.93. The molecule has 2 amide bonds. The van der Waals surface area contributed by atoms with Crippen LogP contribution in [-0.2, 0) is 0 Å². The van der Waals surface area contributed by atoms with Crippen LogP contribution in [0, 0.1) is 0 Å². The number of amides is 2. The minimum atomic E-state index is -0.0114. The van der Waals surface area contributed by atoms with Crippen LogP contribution in [0.2, 0.25) is 0 Å². The van der Waals surface area contributed by atoms with E-state index in [-0.39, 0.29) is 6.03 Å². The van der Waals surface area contributed by atoms with E-state index in [1.165, 1.54) is 0 Å². The number of allylic oxidation sites excluding steroid dienone is 1. The molecular weight excluding hydrogens is 190 g/mol. The molecule has 0 radical (unpaired) electrons. The number of rotatable bonds is 2. The zero-order chi connectivity index (χ0) is 11.3. The monoisotopic (exact) mass is 211 g/mol. The number of piperidine rings is 1. The van der Waals surface area contributed by atoms with Crippen molar-refractivity contribution in [2.45, 2.75) is 25.8 Å². The molecule has 15 heavy (non-hydrogen) atoms. The maximum Gasteiger partial charge on any atom is 0.321 e. The Balaban J connectivity index is 2.39. The lowest BCUT2D eigenvalue weighted by molar-refractivity contribution is 0.150. The van der Waals surface area contributed by atoms with E-state index in [1.54, 1.807) is 6.20 Å². The van der Waals surface area contributed by atoms with Crippen molar-refractivity contribution in [1.82, 2.24) is 15.1 Å². The quantitative estimate of drug-likeness (QED) is 0.746. The summed E-state index contributed by atoms with van der Waals surface area (Å²) in [7, 11) is 3.99. The fourth-order valence-electron chi connectivity index (χ4n) is 1.80. The molecule has 0 atom stereocenters. The first-order valence-corrected chi connectivity index (χ1v) is 5.48. The summed E-state index contributed by atoms with van der Waals surface area (Å²) in [6, 6.07) is 0.370. The zero-order valence-electron chi connectivity index (χ0n) is 9.86. The summed E-state index contributed by atoms with van der Waals surface area (Å²) in [4.78, 5) is 15.7. The number of nitrogens with one attached hydrogen (secondary N) is 1. The number of carbonyl (C=O) groups excluding carboxylic acids is 1. The minimum Gasteiger partial charge on any atom is -0.325 e. The van der Waals surface area contributed by atoms with Gasteiger partial charge in [-0.1, -0.05) is 6.08 Å². The second-order valence-corrected chi connectivity index (χ2v) is 4.09. The van der Waals surface area contributed by atoms with Crippen molar-refractivity contribution in [3.8, 4) is 0 Å². The van der Waals surface area contributed by atoms with E-state index in [4.69, 9.17) is 0 Å². The molecule has 4 heteroatoms. The minimum absolute atomic E-state index is 0.0114. The van der Waals surface area contributed by atoms with Crippen molar-refractivity contribution in [3.05, 3.63) is 12.3 Å². The molecule has 1 aliphatic heterocycles. The molecule has 0 unspecified atom stereocenters. The van der Waals surface area contributed by atoms with E-state index < -0.39 is 0 Å². The standard InChI is InChI=1S/C11H21N3O/c1-4-7-12-11(15)14(3)10-5-8-13(2)9-6-10/h4,7,10H,5-6,8-9H2,1-3H3,(H,12,15)/b7-4+. The zero-order valence-corrected chi connectivity index (χ0v) is 9.86. The van der Waals surface area contributed by atoms with E-state index in [2.05, 4.69) is 17.3 Å². The highest BCUT2D eigenvalue weighted by molar-refractivity contribution is 5.75. The Kier molecular flexibility index (Phi) is 4.62. The van der Waals surface area contributed by atoms with Crippen molar-refractivity contribution >= 4 is 6.03 Å². The van der Waals surface area contributed by atoms with Crippen LogP contribution in [0.15, 0.2) is 12.3 Å². The normalized spacial score (nSPS) is 19.4. The molecule has 0 aromatic heterocycles. The fraction of sp³-hybridized carbons (Fsp3) is 0.727. The number of urea groups is 1. The van der Waals surface area contributed by atoms with Crippen LogP contribution < -0.4 is 5.32 Å². The smallest absolute Gasteiger partial charge is 0.321 e. The van der Waals surface area contributed by atoms with Crippen molar-refractivity contribution in [1.29, 1.82) is 0 Å². The molecule has 1 fully saturated rings. The molecule has 0 aromatic carbocycles. The Morgan fingerprint density at radius 3 is 2.60 bits per heavy atom. The molecular formula is C11H21N3O. The van der Waals surface area contributed by atoms with Gasteiger partial charge in [-0.25, -0.2) is 4.79 Å². The van der Waals surface area contributed by atoms with Gasteiger partial charge in [-0.2, -0.15) is 0 Å². The number of hydrogen-bond donors (Lipinski definition) is 1. The van der Waals surface area contributed by atoms with Gasteiger partial charge in [-0.3, -0.25) is 0 Å². The molecule has 86 valence electrons. The maximum absolute atomic E-state index is 11.6. The average Bonchev–Trinajstić information content (AvgIpc) is 2.26. The Bertz CT molecular complexity index is 232. The number of likely N-dealkylation sites (tertiary alicyclic amines) is 1. The highest BCUT2D eigenvalue weighted by Gasteiger charge is 2.23. The molecule has 1 aliphatic rings. The first kappa shape index (κ1) is 12.0. The molecule has 0 bridgehead atoms. The van der Waals surface area contributed by atoms with Gasteiger partial charge in [0.2, 0.25) is 0 Å². The highest BCUT2D eigenvalue weighted by atomic mass is 16.2. The number of hydrogen-bond acceptors (Lipinski definition) is 2. The van der Waals surface area contributed by atoms with Crippen molar-refractivity contribution < 1.29 is 4.79 Å². The molecule has 0 spiro atoms. The summed E-state index contributed by atoms with van der Waals surface area (Å²) < 4.78 is 0. The van der Waals surface area contributed by atoms with Gasteiger partial charge < -0.3 is 15.1 Å². The Hall–Kier alpha value is -1.03. The van der Waals surface area contributed by atoms with Crippen molar-refractivity contribution in [2.24, 2.45) is 0 Å². The van der Waals surface area contributed by atoms with Gasteiger partial charge in [-0.15, -0.1) is 0 Å². The summed E-state index contributed by atoms with van der Waals surface area (Å²) in [5.74, 6) is 0. The summed E-state index contributed by atoms with van der Waals surface area (Å²) in [6.07, 6.45) is 5.63. The van der Waals surface area contributed by atoms with Crippen LogP contribution in [0.25, 0.3) is 0 Å². The summed E-state index contributed by atoms with van der Waals surface area (Å²) in [6.45, 7) is 4.04. The lowest BCUT2D eigenvalue weighted by Crippen LogP contribution is -2.47. The molecule has 1 N–H and O–H groups in total. The van der Waals surface area contributed by atoms with Crippen LogP contribution in [0.1, 0.15) is 19.8 Å². The molecule has 4 nitrogen and oxygen atoms in total. The Morgan fingerprint density at radius 2 is 2.07 bits per heavy atom. The van der Waals surface area contributed by atoms with Gasteiger partial charge in [-0.05, 0) is 39.9 Å². The molecule has 0 aromatic rings. The van der Waals surface area contributed by atoms with E-state index in [0.717, 1.165) is 25.9 Å². The van der Waals surface area contributed by atoms with Gasteiger partial charge in [0.05, 0.1) is 0 Å². The number of nitrogens with zero attached hydrogens (tertiary/aromatic N) is 2. The second-order valence-electron chi connectivity index (χ2n) is 4.09. The van der Waals surface area contributed by atoms with E-state index in [0.29, 0.717) is 6.04 Å². The second kappa shape index (κ2) is 5.75. The van der Waals surface area contributed by atoms with Crippen molar-refractivity contribution in [3.63, 3.8) is 0 Å². The molecule has 1 rings (SSSR count). The molecule has 0 aliphatic carbocycles. The van der Waals surface area contributed by atoms with Gasteiger partial charge in [0.1, 0.15) is 0 Å². The first-order chi connectivity index (χ1) is 7.15. The summed E-state index contributed by atoms with van der Waals surface area (Å²) in [5.41, 5.74) is 0. The summed E-state index contributed by atoms with van der Waals surface area (Å²) >= 11 is 0. The lowest BCUT2D eigenvalue weighted by atomic mass is 10.0. The average molecular weight is 211 g/mol. The predicted molar refractivity (Wildman–Crippen MR) is 61.6 cm³/mol. The molecule has 0 saturated carbocycles. The largest absolute Gasteiger partial charge is 0.325 e. The van der Waals surface area contributed by atoms with Gasteiger partial charge in [0, 0.05) is 19.3 Å². The van der Waals surface area contributed by atoms with Gasteiger partial charge in [0.15, 0.2) is 0 Å². The fourth-order valence-corrected chi connectivity index (χ4v) is 1.80. The topological polar surface area (TPSA) is 35.6 Å². The lowest BCUT2D eigenvalue weighted by Gasteiger charge is -2.34. The number of carbonyl (C=O) groups is 1. The van der Waals surface area contributed by atoms with Crippen LogP contribution in [0.3, 0.4) is 0 Å². The van der Waals surface area contributed by atoms with Crippen LogP contribution >= 0.6 is 0 Å². The summed E-state index contributed by atoms with van der Waals surface area (Å²) in [5, 5.41) is 2.73. The predicted octanol–water partition coefficient (Wildman–Crippen LogP) is 1.26. The third-order valence-electron chi connectivity index (χ3n) is 2.93. The van der Waals surface area contributed by atoms with E-state index in [1.807, 2.05) is 24.9 Å². The van der Waals surface area contributed by atoms with Crippen LogP contribution in [-0.4, -0.2) is 49.1 Å². The SMILES string of the molecule is C/C=C/NC(=O)N(C)C1CCN(C)CC1.